The van der Waals surface area contributed by atoms with Crippen LogP contribution in [0.4, 0.5) is 5.95 Å². The monoisotopic (exact) mass is 307 g/mol. The third-order valence-electron chi connectivity index (χ3n) is 2.69. The Morgan fingerprint density at radius 2 is 1.81 bits per heavy atom. The summed E-state index contributed by atoms with van der Waals surface area (Å²) in [6, 6.07) is 3.49. The fraction of sp³-hybridized carbons (Fsp3) is 0.308. The molecule has 0 aliphatic carbocycles. The van der Waals surface area contributed by atoms with Gasteiger partial charge in [-0.25, -0.2) is 23.1 Å². The van der Waals surface area contributed by atoms with E-state index in [9.17, 15) is 8.42 Å². The van der Waals surface area contributed by atoms with Gasteiger partial charge in [-0.3, -0.25) is 4.98 Å². The lowest BCUT2D eigenvalue weighted by Crippen LogP contribution is -2.23. The maximum atomic E-state index is 12.1. The van der Waals surface area contributed by atoms with E-state index in [1.54, 1.807) is 24.5 Å². The van der Waals surface area contributed by atoms with Gasteiger partial charge < -0.3 is 5.32 Å². The van der Waals surface area contributed by atoms with E-state index in [1.165, 1.54) is 12.4 Å². The lowest BCUT2D eigenvalue weighted by Gasteiger charge is -2.07. The zero-order valence-electron chi connectivity index (χ0n) is 11.7. The van der Waals surface area contributed by atoms with E-state index in [1.807, 2.05) is 6.92 Å². The molecule has 0 radical (unpaired) electrons. The van der Waals surface area contributed by atoms with Gasteiger partial charge in [0.05, 0.1) is 12.4 Å². The summed E-state index contributed by atoms with van der Waals surface area (Å²) in [4.78, 5) is 11.9. The van der Waals surface area contributed by atoms with Crippen LogP contribution in [0, 0.1) is 0 Å². The Labute approximate surface area is 123 Å². The Morgan fingerprint density at radius 3 is 2.43 bits per heavy atom. The van der Waals surface area contributed by atoms with Crippen LogP contribution in [0.5, 0.6) is 0 Å². The molecule has 2 rings (SSSR count). The van der Waals surface area contributed by atoms with Crippen LogP contribution in [-0.2, 0) is 16.6 Å². The van der Waals surface area contributed by atoms with E-state index in [0.29, 0.717) is 5.95 Å². The molecule has 0 saturated carbocycles. The molecular weight excluding hydrogens is 290 g/mol. The van der Waals surface area contributed by atoms with Crippen molar-refractivity contribution in [3.05, 3.63) is 42.5 Å². The molecule has 2 aromatic heterocycles. The molecule has 8 heteroatoms. The summed E-state index contributed by atoms with van der Waals surface area (Å²) in [5, 5.41) is 2.99. The first kappa shape index (κ1) is 15.3. The molecule has 0 aliphatic rings. The minimum Gasteiger partial charge on any atom is -0.354 e. The van der Waals surface area contributed by atoms with Gasteiger partial charge in [0.1, 0.15) is 4.90 Å². The van der Waals surface area contributed by atoms with Crippen LogP contribution < -0.4 is 10.0 Å². The fourth-order valence-corrected chi connectivity index (χ4v) is 2.45. The minimum atomic E-state index is -3.62. The van der Waals surface area contributed by atoms with Crippen LogP contribution in [0.2, 0.25) is 0 Å². The Kier molecular flexibility index (Phi) is 5.18. The van der Waals surface area contributed by atoms with Gasteiger partial charge in [0, 0.05) is 25.5 Å². The van der Waals surface area contributed by atoms with Crippen molar-refractivity contribution in [1.82, 2.24) is 19.7 Å². The summed E-state index contributed by atoms with van der Waals surface area (Å²) < 4.78 is 26.7. The molecule has 0 fully saturated rings. The van der Waals surface area contributed by atoms with Crippen molar-refractivity contribution >= 4 is 16.0 Å². The van der Waals surface area contributed by atoms with Crippen LogP contribution in [0.3, 0.4) is 0 Å². The molecule has 0 amide bonds. The summed E-state index contributed by atoms with van der Waals surface area (Å²) in [5.74, 6) is 0.421. The van der Waals surface area contributed by atoms with E-state index in [4.69, 9.17) is 0 Å². The van der Waals surface area contributed by atoms with Crippen LogP contribution in [0.25, 0.3) is 0 Å². The molecule has 0 aliphatic heterocycles. The van der Waals surface area contributed by atoms with Crippen molar-refractivity contribution in [3.63, 3.8) is 0 Å². The second-order valence-corrected chi connectivity index (χ2v) is 6.12. The number of nitrogens with zero attached hydrogens (tertiary/aromatic N) is 3. The number of nitrogens with one attached hydrogen (secondary N) is 2. The van der Waals surface area contributed by atoms with Crippen molar-refractivity contribution in [2.75, 3.05) is 11.9 Å². The van der Waals surface area contributed by atoms with E-state index in [-0.39, 0.29) is 11.4 Å². The van der Waals surface area contributed by atoms with Gasteiger partial charge in [-0.05, 0) is 24.1 Å². The number of sulfonamides is 1. The van der Waals surface area contributed by atoms with Gasteiger partial charge in [-0.15, -0.1) is 0 Å². The predicted octanol–water partition coefficient (Wildman–Crippen LogP) is 1.17. The van der Waals surface area contributed by atoms with Crippen molar-refractivity contribution in [2.24, 2.45) is 0 Å². The van der Waals surface area contributed by atoms with Gasteiger partial charge in [0.25, 0.3) is 0 Å². The van der Waals surface area contributed by atoms with Crippen molar-refractivity contribution in [3.8, 4) is 0 Å². The van der Waals surface area contributed by atoms with E-state index >= 15 is 0 Å². The Balaban J connectivity index is 2.02. The van der Waals surface area contributed by atoms with Crippen molar-refractivity contribution < 1.29 is 8.42 Å². The highest BCUT2D eigenvalue weighted by molar-refractivity contribution is 7.89. The first-order chi connectivity index (χ1) is 10.1. The molecule has 2 aromatic rings. The number of aromatic nitrogens is 3. The third-order valence-corrected chi connectivity index (χ3v) is 4.04. The summed E-state index contributed by atoms with van der Waals surface area (Å²) >= 11 is 0. The van der Waals surface area contributed by atoms with Gasteiger partial charge in [-0.2, -0.15) is 0 Å². The zero-order valence-corrected chi connectivity index (χ0v) is 12.5. The van der Waals surface area contributed by atoms with Crippen LogP contribution in [0.15, 0.2) is 41.8 Å². The molecule has 0 spiro atoms. The number of pyridine rings is 1. The van der Waals surface area contributed by atoms with E-state index in [0.717, 1.165) is 18.5 Å². The molecule has 0 bridgehead atoms. The number of anilines is 1. The second kappa shape index (κ2) is 7.09. The summed E-state index contributed by atoms with van der Waals surface area (Å²) in [5.41, 5.74) is 0.829. The molecule has 0 unspecified atom stereocenters. The Morgan fingerprint density at radius 1 is 1.14 bits per heavy atom. The highest BCUT2D eigenvalue weighted by Gasteiger charge is 2.14. The SMILES string of the molecule is CCCNc1ncc(S(=O)(=O)NCc2ccncc2)cn1. The number of hydrogen-bond donors (Lipinski definition) is 2. The lowest BCUT2D eigenvalue weighted by atomic mass is 10.3. The van der Waals surface area contributed by atoms with Gasteiger partial charge in [0.15, 0.2) is 0 Å². The Bertz CT molecular complexity index is 659. The first-order valence-corrected chi connectivity index (χ1v) is 8.04. The third kappa shape index (κ3) is 4.47. The second-order valence-electron chi connectivity index (χ2n) is 4.35. The van der Waals surface area contributed by atoms with Crippen molar-refractivity contribution in [2.45, 2.75) is 24.8 Å². The fourth-order valence-electron chi connectivity index (χ4n) is 1.55. The lowest BCUT2D eigenvalue weighted by molar-refractivity contribution is 0.580. The summed E-state index contributed by atoms with van der Waals surface area (Å²) in [6.07, 6.45) is 6.75. The normalized spacial score (nSPS) is 11.3. The average Bonchev–Trinajstić information content (AvgIpc) is 2.52. The Hall–Kier alpha value is -2.06. The molecule has 2 N–H and O–H groups in total. The number of rotatable bonds is 7. The standard InChI is InChI=1S/C13H17N5O2S/c1-2-5-15-13-16-9-12(10-17-13)21(19,20)18-8-11-3-6-14-7-4-11/h3-4,6-7,9-10,18H,2,5,8H2,1H3,(H,15,16,17). The molecule has 0 atom stereocenters. The van der Waals surface area contributed by atoms with E-state index < -0.39 is 10.0 Å². The van der Waals surface area contributed by atoms with Gasteiger partial charge in [0.2, 0.25) is 16.0 Å². The largest absolute Gasteiger partial charge is 0.354 e. The molecule has 21 heavy (non-hydrogen) atoms. The van der Waals surface area contributed by atoms with Crippen LogP contribution in [0.1, 0.15) is 18.9 Å². The quantitative estimate of drug-likeness (QED) is 0.797. The summed E-state index contributed by atoms with van der Waals surface area (Å²) in [7, 11) is -3.62. The predicted molar refractivity (Wildman–Crippen MR) is 79.1 cm³/mol. The maximum absolute atomic E-state index is 12.1. The van der Waals surface area contributed by atoms with Gasteiger partial charge in [-0.1, -0.05) is 6.92 Å². The van der Waals surface area contributed by atoms with Crippen LogP contribution in [-0.4, -0.2) is 29.9 Å². The van der Waals surface area contributed by atoms with Gasteiger partial charge >= 0.3 is 0 Å². The molecule has 7 nitrogen and oxygen atoms in total. The summed E-state index contributed by atoms with van der Waals surface area (Å²) in [6.45, 7) is 2.96. The average molecular weight is 307 g/mol. The molecule has 0 aromatic carbocycles. The smallest absolute Gasteiger partial charge is 0.243 e. The van der Waals surface area contributed by atoms with E-state index in [2.05, 4.69) is 25.0 Å². The zero-order chi connectivity index (χ0) is 15.1. The molecular formula is C13H17N5O2S. The highest BCUT2D eigenvalue weighted by atomic mass is 32.2. The molecule has 2 heterocycles. The number of hydrogen-bond acceptors (Lipinski definition) is 6. The van der Waals surface area contributed by atoms with Crippen molar-refractivity contribution in [1.29, 1.82) is 0 Å². The van der Waals surface area contributed by atoms with Crippen LogP contribution >= 0.6 is 0 Å². The molecule has 0 saturated heterocycles. The topological polar surface area (TPSA) is 96.9 Å². The molecule has 112 valence electrons. The maximum Gasteiger partial charge on any atom is 0.243 e. The highest BCUT2D eigenvalue weighted by Crippen LogP contribution is 2.08. The first-order valence-electron chi connectivity index (χ1n) is 6.56. The minimum absolute atomic E-state index is 0.0404.